The fourth-order valence-corrected chi connectivity index (χ4v) is 3.88. The molecule has 1 aromatic rings. The summed E-state index contributed by atoms with van der Waals surface area (Å²) in [4.78, 5) is 28.5. The number of carbonyl (C=O) groups is 2. The zero-order valence-corrected chi connectivity index (χ0v) is 15.3. The van der Waals surface area contributed by atoms with E-state index >= 15 is 0 Å². The van der Waals surface area contributed by atoms with Gasteiger partial charge in [0.25, 0.3) is 0 Å². The van der Waals surface area contributed by atoms with Gasteiger partial charge in [-0.15, -0.1) is 0 Å². The van der Waals surface area contributed by atoms with E-state index in [-0.39, 0.29) is 23.4 Å². The molecule has 0 saturated carbocycles. The molecule has 0 aliphatic carbocycles. The van der Waals surface area contributed by atoms with E-state index in [1.54, 1.807) is 0 Å². The number of likely N-dealkylation sites (tertiary alicyclic amines) is 1. The van der Waals surface area contributed by atoms with Crippen LogP contribution in [-0.4, -0.2) is 54.0 Å². The Morgan fingerprint density at radius 3 is 2.68 bits per heavy atom. The molecule has 0 spiro atoms. The van der Waals surface area contributed by atoms with Crippen molar-refractivity contribution in [2.24, 2.45) is 0 Å². The SMILES string of the molecule is CC(C)(CCC(=O)N1CCC[C@@H](N2CCNC2=O)C1)c1ccccc1. The molecule has 0 aromatic heterocycles. The summed E-state index contributed by atoms with van der Waals surface area (Å²) < 4.78 is 0. The highest BCUT2D eigenvalue weighted by molar-refractivity contribution is 5.78. The molecule has 1 N–H and O–H groups in total. The van der Waals surface area contributed by atoms with Gasteiger partial charge in [0.05, 0.1) is 6.04 Å². The number of nitrogens with zero attached hydrogens (tertiary/aromatic N) is 2. The van der Waals surface area contributed by atoms with Crippen molar-refractivity contribution in [3.63, 3.8) is 0 Å². The van der Waals surface area contributed by atoms with Crippen molar-refractivity contribution >= 4 is 11.9 Å². The summed E-state index contributed by atoms with van der Waals surface area (Å²) in [5.74, 6) is 0.216. The van der Waals surface area contributed by atoms with Crippen molar-refractivity contribution in [2.45, 2.75) is 51.0 Å². The number of hydrogen-bond acceptors (Lipinski definition) is 2. The second-order valence-electron chi connectivity index (χ2n) is 7.81. The highest BCUT2D eigenvalue weighted by Gasteiger charge is 2.33. The standard InChI is InChI=1S/C20H29N3O2/c1-20(2,16-7-4-3-5-8-16)11-10-18(24)22-13-6-9-17(15-22)23-14-12-21-19(23)25/h3-5,7-8,17H,6,9-15H2,1-2H3,(H,21,25)/t17-/m1/s1. The van der Waals surface area contributed by atoms with Crippen LogP contribution in [0, 0.1) is 0 Å². The van der Waals surface area contributed by atoms with Gasteiger partial charge in [-0.2, -0.15) is 0 Å². The van der Waals surface area contributed by atoms with Gasteiger partial charge in [-0.1, -0.05) is 44.2 Å². The van der Waals surface area contributed by atoms with Crippen LogP contribution >= 0.6 is 0 Å². The smallest absolute Gasteiger partial charge is 0.317 e. The molecule has 1 aromatic carbocycles. The molecule has 2 heterocycles. The van der Waals surface area contributed by atoms with Crippen molar-refractivity contribution in [3.8, 4) is 0 Å². The van der Waals surface area contributed by atoms with Crippen LogP contribution in [0.5, 0.6) is 0 Å². The monoisotopic (exact) mass is 343 g/mol. The lowest BCUT2D eigenvalue weighted by Crippen LogP contribution is -2.50. The highest BCUT2D eigenvalue weighted by Crippen LogP contribution is 2.29. The molecule has 0 unspecified atom stereocenters. The van der Waals surface area contributed by atoms with E-state index in [2.05, 4.69) is 43.4 Å². The summed E-state index contributed by atoms with van der Waals surface area (Å²) >= 11 is 0. The van der Waals surface area contributed by atoms with E-state index in [0.717, 1.165) is 32.4 Å². The van der Waals surface area contributed by atoms with Gasteiger partial charge in [0, 0.05) is 32.6 Å². The van der Waals surface area contributed by atoms with Crippen LogP contribution in [-0.2, 0) is 10.2 Å². The van der Waals surface area contributed by atoms with Crippen molar-refractivity contribution in [2.75, 3.05) is 26.2 Å². The first kappa shape index (κ1) is 17.8. The molecule has 2 aliphatic heterocycles. The molecular weight excluding hydrogens is 314 g/mol. The van der Waals surface area contributed by atoms with Crippen molar-refractivity contribution < 1.29 is 9.59 Å². The van der Waals surface area contributed by atoms with Crippen LogP contribution in [0.25, 0.3) is 0 Å². The molecule has 1 atom stereocenters. The second-order valence-corrected chi connectivity index (χ2v) is 7.81. The van der Waals surface area contributed by atoms with Crippen LogP contribution in [0.15, 0.2) is 30.3 Å². The van der Waals surface area contributed by atoms with Crippen LogP contribution in [0.2, 0.25) is 0 Å². The van der Waals surface area contributed by atoms with Gasteiger partial charge in [0.2, 0.25) is 5.91 Å². The highest BCUT2D eigenvalue weighted by atomic mass is 16.2. The predicted molar refractivity (Wildman–Crippen MR) is 98.4 cm³/mol. The molecule has 0 bridgehead atoms. The average molecular weight is 343 g/mol. The topological polar surface area (TPSA) is 52.7 Å². The zero-order chi connectivity index (χ0) is 17.9. The summed E-state index contributed by atoms with van der Waals surface area (Å²) in [5.41, 5.74) is 1.26. The molecule has 5 heteroatoms. The molecule has 25 heavy (non-hydrogen) atoms. The number of amides is 3. The zero-order valence-electron chi connectivity index (χ0n) is 15.3. The summed E-state index contributed by atoms with van der Waals surface area (Å²) in [7, 11) is 0. The fourth-order valence-electron chi connectivity index (χ4n) is 3.88. The quantitative estimate of drug-likeness (QED) is 0.894. The number of rotatable bonds is 5. The maximum absolute atomic E-state index is 12.7. The minimum Gasteiger partial charge on any atom is -0.341 e. The summed E-state index contributed by atoms with van der Waals surface area (Å²) in [6.07, 6.45) is 3.36. The minimum absolute atomic E-state index is 0.0129. The first-order chi connectivity index (χ1) is 12.0. The summed E-state index contributed by atoms with van der Waals surface area (Å²) in [6, 6.07) is 10.6. The van der Waals surface area contributed by atoms with E-state index in [1.807, 2.05) is 15.9 Å². The molecule has 136 valence electrons. The Kier molecular flexibility index (Phi) is 5.30. The van der Waals surface area contributed by atoms with E-state index in [1.165, 1.54) is 5.56 Å². The third kappa shape index (κ3) is 4.14. The fraction of sp³-hybridized carbons (Fsp3) is 0.600. The molecule has 0 radical (unpaired) electrons. The molecule has 3 rings (SSSR count). The van der Waals surface area contributed by atoms with Gasteiger partial charge in [0.15, 0.2) is 0 Å². The first-order valence-corrected chi connectivity index (χ1v) is 9.35. The number of piperidine rings is 1. The Morgan fingerprint density at radius 2 is 2.00 bits per heavy atom. The van der Waals surface area contributed by atoms with Crippen molar-refractivity contribution in [1.82, 2.24) is 15.1 Å². The van der Waals surface area contributed by atoms with E-state index < -0.39 is 0 Å². The Balaban J connectivity index is 1.55. The van der Waals surface area contributed by atoms with Crippen LogP contribution in [0.3, 0.4) is 0 Å². The predicted octanol–water partition coefficient (Wildman–Crippen LogP) is 2.76. The third-order valence-electron chi connectivity index (χ3n) is 5.60. The van der Waals surface area contributed by atoms with Crippen molar-refractivity contribution in [3.05, 3.63) is 35.9 Å². The Labute approximate surface area is 150 Å². The van der Waals surface area contributed by atoms with E-state index in [0.29, 0.717) is 19.5 Å². The molecule has 2 fully saturated rings. The molecule has 2 saturated heterocycles. The number of nitrogens with one attached hydrogen (secondary N) is 1. The van der Waals surface area contributed by atoms with Gasteiger partial charge < -0.3 is 15.1 Å². The molecule has 3 amide bonds. The molecule has 5 nitrogen and oxygen atoms in total. The third-order valence-corrected chi connectivity index (χ3v) is 5.60. The number of hydrogen-bond donors (Lipinski definition) is 1. The van der Waals surface area contributed by atoms with E-state index in [4.69, 9.17) is 0 Å². The lowest BCUT2D eigenvalue weighted by molar-refractivity contribution is -0.133. The Bertz CT molecular complexity index is 615. The lowest BCUT2D eigenvalue weighted by atomic mass is 9.80. The first-order valence-electron chi connectivity index (χ1n) is 9.35. The van der Waals surface area contributed by atoms with Crippen LogP contribution in [0.1, 0.15) is 45.1 Å². The minimum atomic E-state index is -0.0129. The summed E-state index contributed by atoms with van der Waals surface area (Å²) in [6.45, 7) is 7.36. The Hall–Kier alpha value is -2.04. The second kappa shape index (κ2) is 7.46. The largest absolute Gasteiger partial charge is 0.341 e. The van der Waals surface area contributed by atoms with E-state index in [9.17, 15) is 9.59 Å². The molecule has 2 aliphatic rings. The maximum Gasteiger partial charge on any atom is 0.317 e. The number of carbonyl (C=O) groups excluding carboxylic acids is 2. The summed E-state index contributed by atoms with van der Waals surface area (Å²) in [5, 5.41) is 2.86. The van der Waals surface area contributed by atoms with Crippen LogP contribution in [0.4, 0.5) is 4.79 Å². The van der Waals surface area contributed by atoms with Gasteiger partial charge in [-0.25, -0.2) is 4.79 Å². The van der Waals surface area contributed by atoms with Crippen molar-refractivity contribution in [1.29, 1.82) is 0 Å². The molecular formula is C20H29N3O2. The van der Waals surface area contributed by atoms with Gasteiger partial charge in [0.1, 0.15) is 0 Å². The van der Waals surface area contributed by atoms with Gasteiger partial charge >= 0.3 is 6.03 Å². The van der Waals surface area contributed by atoms with Gasteiger partial charge in [-0.3, -0.25) is 4.79 Å². The number of urea groups is 1. The normalized spacial score (nSPS) is 21.4. The lowest BCUT2D eigenvalue weighted by Gasteiger charge is -2.37. The Morgan fingerprint density at radius 1 is 1.24 bits per heavy atom. The number of benzene rings is 1. The average Bonchev–Trinajstić information content (AvgIpc) is 3.06. The van der Waals surface area contributed by atoms with Gasteiger partial charge in [-0.05, 0) is 30.2 Å². The van der Waals surface area contributed by atoms with Crippen LogP contribution < -0.4 is 5.32 Å². The maximum atomic E-state index is 12.7.